The van der Waals surface area contributed by atoms with Gasteiger partial charge in [0.05, 0.1) is 5.69 Å². The molecule has 1 aliphatic heterocycles. The lowest BCUT2D eigenvalue weighted by atomic mass is 10.1. The molecule has 1 aliphatic rings. The van der Waals surface area contributed by atoms with E-state index in [2.05, 4.69) is 26.4 Å². The van der Waals surface area contributed by atoms with Crippen molar-refractivity contribution in [3.05, 3.63) is 54.5 Å². The van der Waals surface area contributed by atoms with Gasteiger partial charge in [-0.15, -0.1) is 0 Å². The molecule has 4 rings (SSSR count). The van der Waals surface area contributed by atoms with Crippen molar-refractivity contribution >= 4 is 11.3 Å². The van der Waals surface area contributed by atoms with Gasteiger partial charge in [-0.3, -0.25) is 0 Å². The first-order valence-corrected chi connectivity index (χ1v) is 9.27. The summed E-state index contributed by atoms with van der Waals surface area (Å²) in [5.74, 6) is 1.97. The highest BCUT2D eigenvalue weighted by atomic mass is 16.5. The molecule has 0 radical (unpaired) electrons. The van der Waals surface area contributed by atoms with Crippen LogP contribution in [0.15, 0.2) is 48.8 Å². The molecule has 6 nitrogen and oxygen atoms in total. The Morgan fingerprint density at radius 1 is 1.19 bits per heavy atom. The van der Waals surface area contributed by atoms with Gasteiger partial charge >= 0.3 is 0 Å². The van der Waals surface area contributed by atoms with E-state index in [0.29, 0.717) is 12.6 Å². The fraction of sp³-hybridized carbons (Fsp3) is 0.400. The third-order valence-electron chi connectivity index (χ3n) is 4.83. The van der Waals surface area contributed by atoms with E-state index in [1.165, 1.54) is 0 Å². The minimum absolute atomic E-state index is 0.539. The summed E-state index contributed by atoms with van der Waals surface area (Å²) in [5.41, 5.74) is 2.11. The molecule has 26 heavy (non-hydrogen) atoms. The lowest BCUT2D eigenvalue weighted by Gasteiger charge is -2.33. The molecular weight excluding hydrogens is 326 g/mol. The quantitative estimate of drug-likeness (QED) is 0.692. The Kier molecular flexibility index (Phi) is 5.02. The molecule has 1 fully saturated rings. The number of fused-ring (bicyclic) bond motifs is 1. The number of piperidine rings is 1. The van der Waals surface area contributed by atoms with E-state index < -0.39 is 0 Å². The summed E-state index contributed by atoms with van der Waals surface area (Å²) in [6.07, 6.45) is 5.97. The maximum absolute atomic E-state index is 5.75. The van der Waals surface area contributed by atoms with Crippen molar-refractivity contribution in [2.45, 2.75) is 25.8 Å². The third-order valence-corrected chi connectivity index (χ3v) is 4.83. The molecule has 0 spiro atoms. The minimum atomic E-state index is 0.539. The molecule has 0 unspecified atom stereocenters. The summed E-state index contributed by atoms with van der Waals surface area (Å²) >= 11 is 0. The number of rotatable bonds is 6. The standard InChI is InChI=1S/C20H25N5O/c1-16-15-19-20(22-9-13-25(19)23-16)24-11-7-17(8-12-24)21-10-14-26-18-5-3-2-4-6-18/h2-6,9,13,15,17,21H,7-8,10-12,14H2,1H3. The highest BCUT2D eigenvalue weighted by molar-refractivity contribution is 5.69. The lowest BCUT2D eigenvalue weighted by Crippen LogP contribution is -2.44. The van der Waals surface area contributed by atoms with Crippen LogP contribution in [0.5, 0.6) is 5.75 Å². The number of anilines is 1. The number of aromatic nitrogens is 3. The van der Waals surface area contributed by atoms with Crippen LogP contribution in [0.1, 0.15) is 18.5 Å². The predicted octanol–water partition coefficient (Wildman–Crippen LogP) is 2.68. The largest absolute Gasteiger partial charge is 0.492 e. The normalized spacial score (nSPS) is 15.5. The number of nitrogens with zero attached hydrogens (tertiary/aromatic N) is 4. The van der Waals surface area contributed by atoms with E-state index in [0.717, 1.165) is 55.3 Å². The van der Waals surface area contributed by atoms with Crippen LogP contribution in [-0.2, 0) is 0 Å². The van der Waals surface area contributed by atoms with Gasteiger partial charge in [-0.25, -0.2) is 9.50 Å². The van der Waals surface area contributed by atoms with Crippen molar-refractivity contribution in [2.24, 2.45) is 0 Å². The monoisotopic (exact) mass is 351 g/mol. The highest BCUT2D eigenvalue weighted by Gasteiger charge is 2.21. The molecule has 1 N–H and O–H groups in total. The first-order valence-electron chi connectivity index (χ1n) is 9.27. The van der Waals surface area contributed by atoms with Gasteiger partial charge in [-0.2, -0.15) is 5.10 Å². The number of nitrogens with one attached hydrogen (secondary N) is 1. The van der Waals surface area contributed by atoms with Crippen LogP contribution >= 0.6 is 0 Å². The second kappa shape index (κ2) is 7.74. The molecule has 6 heteroatoms. The zero-order chi connectivity index (χ0) is 17.8. The number of benzene rings is 1. The average Bonchev–Trinajstić information content (AvgIpc) is 3.07. The van der Waals surface area contributed by atoms with Crippen LogP contribution in [0, 0.1) is 6.92 Å². The van der Waals surface area contributed by atoms with Crippen molar-refractivity contribution < 1.29 is 4.74 Å². The van der Waals surface area contributed by atoms with Crippen molar-refractivity contribution in [1.29, 1.82) is 0 Å². The van der Waals surface area contributed by atoms with Crippen molar-refractivity contribution in [1.82, 2.24) is 19.9 Å². The third kappa shape index (κ3) is 3.80. The highest BCUT2D eigenvalue weighted by Crippen LogP contribution is 2.23. The zero-order valence-electron chi connectivity index (χ0n) is 15.1. The number of ether oxygens (including phenoxy) is 1. The number of hydrogen-bond donors (Lipinski definition) is 1. The van der Waals surface area contributed by atoms with Crippen LogP contribution < -0.4 is 15.0 Å². The Labute approximate surface area is 153 Å². The van der Waals surface area contributed by atoms with E-state index in [9.17, 15) is 0 Å². The van der Waals surface area contributed by atoms with Crippen molar-refractivity contribution in [3.63, 3.8) is 0 Å². The molecule has 0 aliphatic carbocycles. The molecule has 136 valence electrons. The van der Waals surface area contributed by atoms with Crippen molar-refractivity contribution in [3.8, 4) is 5.75 Å². The second-order valence-corrected chi connectivity index (χ2v) is 6.74. The molecule has 2 aromatic heterocycles. The zero-order valence-corrected chi connectivity index (χ0v) is 15.1. The fourth-order valence-electron chi connectivity index (χ4n) is 3.52. The molecule has 3 aromatic rings. The second-order valence-electron chi connectivity index (χ2n) is 6.74. The van der Waals surface area contributed by atoms with Crippen LogP contribution in [0.4, 0.5) is 5.82 Å². The molecular formula is C20H25N5O. The van der Waals surface area contributed by atoms with Crippen molar-refractivity contribution in [2.75, 3.05) is 31.1 Å². The Morgan fingerprint density at radius 2 is 2.00 bits per heavy atom. The van der Waals surface area contributed by atoms with E-state index in [4.69, 9.17) is 4.74 Å². The Balaban J connectivity index is 1.26. The molecule has 1 aromatic carbocycles. The SMILES string of the molecule is Cc1cc2c(N3CCC(NCCOc4ccccc4)CC3)nccn2n1. The first-order chi connectivity index (χ1) is 12.8. The van der Waals surface area contributed by atoms with Gasteiger partial charge in [-0.05, 0) is 38.0 Å². The fourth-order valence-corrected chi connectivity index (χ4v) is 3.52. The van der Waals surface area contributed by atoms with Gasteiger partial charge in [0.25, 0.3) is 0 Å². The van der Waals surface area contributed by atoms with Crippen LogP contribution in [0.2, 0.25) is 0 Å². The maximum Gasteiger partial charge on any atom is 0.154 e. The van der Waals surface area contributed by atoms with Gasteiger partial charge < -0.3 is 15.0 Å². The topological polar surface area (TPSA) is 54.7 Å². The molecule has 3 heterocycles. The number of para-hydroxylation sites is 1. The maximum atomic E-state index is 5.75. The summed E-state index contributed by atoms with van der Waals surface area (Å²) in [6.45, 7) is 5.60. The van der Waals surface area contributed by atoms with Gasteiger partial charge in [-0.1, -0.05) is 18.2 Å². The smallest absolute Gasteiger partial charge is 0.154 e. The summed E-state index contributed by atoms with van der Waals surface area (Å²) in [5, 5.41) is 8.10. The van der Waals surface area contributed by atoms with Crippen LogP contribution in [0.25, 0.3) is 5.52 Å². The van der Waals surface area contributed by atoms with E-state index >= 15 is 0 Å². The van der Waals surface area contributed by atoms with Crippen LogP contribution in [-0.4, -0.2) is 46.9 Å². The lowest BCUT2D eigenvalue weighted by molar-refractivity contribution is 0.296. The average molecular weight is 351 g/mol. The minimum Gasteiger partial charge on any atom is -0.492 e. The Hall–Kier alpha value is -2.60. The van der Waals surface area contributed by atoms with Crippen LogP contribution in [0.3, 0.4) is 0 Å². The number of hydrogen-bond acceptors (Lipinski definition) is 5. The van der Waals surface area contributed by atoms with E-state index in [1.807, 2.05) is 54.2 Å². The van der Waals surface area contributed by atoms with E-state index in [-0.39, 0.29) is 0 Å². The molecule has 1 saturated heterocycles. The number of aryl methyl sites for hydroxylation is 1. The Morgan fingerprint density at radius 3 is 2.81 bits per heavy atom. The first kappa shape index (κ1) is 16.8. The Bertz CT molecular complexity index is 840. The predicted molar refractivity (Wildman–Crippen MR) is 103 cm³/mol. The van der Waals surface area contributed by atoms with E-state index in [1.54, 1.807) is 0 Å². The van der Waals surface area contributed by atoms with Gasteiger partial charge in [0.15, 0.2) is 5.82 Å². The summed E-state index contributed by atoms with van der Waals surface area (Å²) in [4.78, 5) is 6.97. The summed E-state index contributed by atoms with van der Waals surface area (Å²) in [6, 6.07) is 12.6. The summed E-state index contributed by atoms with van der Waals surface area (Å²) in [7, 11) is 0. The van der Waals surface area contributed by atoms with Gasteiger partial charge in [0, 0.05) is 38.1 Å². The van der Waals surface area contributed by atoms with Gasteiger partial charge in [0.2, 0.25) is 0 Å². The molecule has 0 atom stereocenters. The molecule has 0 saturated carbocycles. The molecule has 0 bridgehead atoms. The summed E-state index contributed by atoms with van der Waals surface area (Å²) < 4.78 is 7.66. The van der Waals surface area contributed by atoms with Gasteiger partial charge in [0.1, 0.15) is 17.9 Å². The molecule has 0 amide bonds.